The molecule has 1 aliphatic heterocycles. The Kier molecular flexibility index (Phi) is 4.79. The minimum Gasteiger partial charge on any atom is -0.497 e. The Morgan fingerprint density at radius 3 is 2.67 bits per heavy atom. The van der Waals surface area contributed by atoms with Crippen LogP contribution in [0.4, 0.5) is 4.39 Å². The number of hydrogen-bond acceptors (Lipinski definition) is 3. The SMILES string of the molecule is COc1ccc(CC(=O)N2CCC(c3nc4ccc(F)cc4[nH]3)CC2)cc1. The van der Waals surface area contributed by atoms with Gasteiger partial charge in [-0.2, -0.15) is 0 Å². The number of ether oxygens (including phenoxy) is 1. The highest BCUT2D eigenvalue weighted by molar-refractivity contribution is 5.79. The van der Waals surface area contributed by atoms with Gasteiger partial charge in [0.05, 0.1) is 24.6 Å². The summed E-state index contributed by atoms with van der Waals surface area (Å²) in [6.45, 7) is 1.43. The third-order valence-corrected chi connectivity index (χ3v) is 5.21. The molecular weight excluding hydrogens is 345 g/mol. The third-order valence-electron chi connectivity index (χ3n) is 5.21. The Hall–Kier alpha value is -2.89. The van der Waals surface area contributed by atoms with Crippen LogP contribution in [-0.2, 0) is 11.2 Å². The molecular formula is C21H22FN3O2. The topological polar surface area (TPSA) is 58.2 Å². The van der Waals surface area contributed by atoms with Gasteiger partial charge in [-0.25, -0.2) is 9.37 Å². The summed E-state index contributed by atoms with van der Waals surface area (Å²) in [7, 11) is 1.63. The van der Waals surface area contributed by atoms with Gasteiger partial charge in [0.25, 0.3) is 0 Å². The van der Waals surface area contributed by atoms with Gasteiger partial charge in [-0.3, -0.25) is 4.79 Å². The summed E-state index contributed by atoms with van der Waals surface area (Å²) >= 11 is 0. The van der Waals surface area contributed by atoms with Gasteiger partial charge in [0.1, 0.15) is 17.4 Å². The molecule has 0 bridgehead atoms. The standard InChI is InChI=1S/C21H22FN3O2/c1-27-17-5-2-14(3-6-17)12-20(26)25-10-8-15(9-11-25)21-23-18-7-4-16(22)13-19(18)24-21/h2-7,13,15H,8-12H2,1H3,(H,23,24). The number of fused-ring (bicyclic) bond motifs is 1. The van der Waals surface area contributed by atoms with Gasteiger partial charge >= 0.3 is 0 Å². The zero-order valence-electron chi connectivity index (χ0n) is 15.2. The fraction of sp³-hybridized carbons (Fsp3) is 0.333. The van der Waals surface area contributed by atoms with Crippen LogP contribution in [0, 0.1) is 5.82 Å². The number of hydrogen-bond donors (Lipinski definition) is 1. The van der Waals surface area contributed by atoms with E-state index < -0.39 is 0 Å². The number of piperidine rings is 1. The van der Waals surface area contributed by atoms with Crippen molar-refractivity contribution in [3.05, 3.63) is 59.7 Å². The van der Waals surface area contributed by atoms with Crippen LogP contribution in [-0.4, -0.2) is 41.0 Å². The normalized spacial score (nSPS) is 15.3. The lowest BCUT2D eigenvalue weighted by Gasteiger charge is -2.31. The van der Waals surface area contributed by atoms with E-state index >= 15 is 0 Å². The lowest BCUT2D eigenvalue weighted by molar-refractivity contribution is -0.131. The predicted molar refractivity (Wildman–Crippen MR) is 101 cm³/mol. The molecule has 27 heavy (non-hydrogen) atoms. The van der Waals surface area contributed by atoms with Crippen molar-refractivity contribution in [2.24, 2.45) is 0 Å². The van der Waals surface area contributed by atoms with E-state index in [4.69, 9.17) is 4.74 Å². The van der Waals surface area contributed by atoms with E-state index in [9.17, 15) is 9.18 Å². The minimum atomic E-state index is -0.267. The van der Waals surface area contributed by atoms with Gasteiger partial charge in [-0.15, -0.1) is 0 Å². The van der Waals surface area contributed by atoms with Crippen molar-refractivity contribution >= 4 is 16.9 Å². The molecule has 140 valence electrons. The molecule has 0 radical (unpaired) electrons. The van der Waals surface area contributed by atoms with Crippen molar-refractivity contribution in [2.45, 2.75) is 25.2 Å². The molecule has 2 heterocycles. The summed E-state index contributed by atoms with van der Waals surface area (Å²) in [5.74, 6) is 1.82. The van der Waals surface area contributed by atoms with Crippen molar-refractivity contribution in [1.82, 2.24) is 14.9 Å². The maximum Gasteiger partial charge on any atom is 0.226 e. The van der Waals surface area contributed by atoms with Crippen LogP contribution in [0.3, 0.4) is 0 Å². The number of H-pyrrole nitrogens is 1. The number of halogens is 1. The molecule has 0 aliphatic carbocycles. The second-order valence-electron chi connectivity index (χ2n) is 6.96. The van der Waals surface area contributed by atoms with E-state index in [0.717, 1.165) is 41.0 Å². The van der Waals surface area contributed by atoms with E-state index in [1.54, 1.807) is 13.2 Å². The number of carbonyl (C=O) groups excluding carboxylic acids is 1. The van der Waals surface area contributed by atoms with Gasteiger partial charge in [-0.1, -0.05) is 12.1 Å². The van der Waals surface area contributed by atoms with Crippen LogP contribution >= 0.6 is 0 Å². The Bertz CT molecular complexity index is 944. The molecule has 1 aromatic heterocycles. The van der Waals surface area contributed by atoms with Crippen molar-refractivity contribution < 1.29 is 13.9 Å². The van der Waals surface area contributed by atoms with Crippen LogP contribution in [0.1, 0.15) is 30.1 Å². The summed E-state index contributed by atoms with van der Waals surface area (Å²) in [6, 6.07) is 12.2. The molecule has 1 aliphatic rings. The number of nitrogens with one attached hydrogen (secondary N) is 1. The Morgan fingerprint density at radius 2 is 1.96 bits per heavy atom. The summed E-state index contributed by atoms with van der Waals surface area (Å²) < 4.78 is 18.5. The summed E-state index contributed by atoms with van der Waals surface area (Å²) in [6.07, 6.45) is 2.12. The molecule has 1 N–H and O–H groups in total. The Morgan fingerprint density at radius 1 is 1.22 bits per heavy atom. The highest BCUT2D eigenvalue weighted by Crippen LogP contribution is 2.28. The molecule has 5 nitrogen and oxygen atoms in total. The quantitative estimate of drug-likeness (QED) is 0.766. The number of methoxy groups -OCH3 is 1. The average Bonchev–Trinajstić information content (AvgIpc) is 3.12. The summed E-state index contributed by atoms with van der Waals surface area (Å²) in [4.78, 5) is 22.3. The molecule has 2 aromatic carbocycles. The number of imidazole rings is 1. The first-order valence-electron chi connectivity index (χ1n) is 9.18. The van der Waals surface area contributed by atoms with E-state index in [1.165, 1.54) is 12.1 Å². The lowest BCUT2D eigenvalue weighted by atomic mass is 9.95. The first kappa shape index (κ1) is 17.5. The summed E-state index contributed by atoms with van der Waals surface area (Å²) in [5, 5.41) is 0. The maximum atomic E-state index is 13.4. The zero-order chi connectivity index (χ0) is 18.8. The zero-order valence-corrected chi connectivity index (χ0v) is 15.2. The van der Waals surface area contributed by atoms with Crippen LogP contribution in [0.15, 0.2) is 42.5 Å². The van der Waals surface area contributed by atoms with Gasteiger partial charge < -0.3 is 14.6 Å². The van der Waals surface area contributed by atoms with Crippen molar-refractivity contribution in [3.63, 3.8) is 0 Å². The van der Waals surface area contributed by atoms with Gasteiger partial charge in [0, 0.05) is 19.0 Å². The number of amides is 1. The first-order valence-corrected chi connectivity index (χ1v) is 9.18. The van der Waals surface area contributed by atoms with Crippen molar-refractivity contribution in [2.75, 3.05) is 20.2 Å². The third kappa shape index (κ3) is 3.79. The fourth-order valence-corrected chi connectivity index (χ4v) is 3.63. The highest BCUT2D eigenvalue weighted by atomic mass is 19.1. The molecule has 0 spiro atoms. The number of nitrogens with zero attached hydrogens (tertiary/aromatic N) is 2. The Labute approximate surface area is 157 Å². The molecule has 0 saturated carbocycles. The maximum absolute atomic E-state index is 13.4. The second kappa shape index (κ2) is 7.39. The van der Waals surface area contributed by atoms with Crippen LogP contribution < -0.4 is 4.74 Å². The number of aromatic nitrogens is 2. The van der Waals surface area contributed by atoms with Crippen LogP contribution in [0.5, 0.6) is 5.75 Å². The second-order valence-corrected chi connectivity index (χ2v) is 6.96. The predicted octanol–water partition coefficient (Wildman–Crippen LogP) is 3.66. The lowest BCUT2D eigenvalue weighted by Crippen LogP contribution is -2.39. The van der Waals surface area contributed by atoms with Gasteiger partial charge in [-0.05, 0) is 48.7 Å². The van der Waals surface area contributed by atoms with Crippen molar-refractivity contribution in [1.29, 1.82) is 0 Å². The number of likely N-dealkylation sites (tertiary alicyclic amines) is 1. The molecule has 6 heteroatoms. The molecule has 1 fully saturated rings. The summed E-state index contributed by atoms with van der Waals surface area (Å²) in [5.41, 5.74) is 2.50. The highest BCUT2D eigenvalue weighted by Gasteiger charge is 2.25. The van der Waals surface area contributed by atoms with Crippen molar-refractivity contribution in [3.8, 4) is 5.75 Å². The minimum absolute atomic E-state index is 0.144. The average molecular weight is 367 g/mol. The molecule has 1 saturated heterocycles. The first-order chi connectivity index (χ1) is 13.1. The Balaban J connectivity index is 1.36. The van der Waals surface area contributed by atoms with E-state index in [2.05, 4.69) is 9.97 Å². The smallest absolute Gasteiger partial charge is 0.226 e. The fourth-order valence-electron chi connectivity index (χ4n) is 3.63. The van der Waals surface area contributed by atoms with E-state index in [-0.39, 0.29) is 17.6 Å². The molecule has 0 atom stereocenters. The van der Waals surface area contributed by atoms with E-state index in [1.807, 2.05) is 29.2 Å². The molecule has 4 rings (SSSR count). The van der Waals surface area contributed by atoms with Crippen LogP contribution in [0.2, 0.25) is 0 Å². The molecule has 0 unspecified atom stereocenters. The molecule has 3 aromatic rings. The van der Waals surface area contributed by atoms with E-state index in [0.29, 0.717) is 19.5 Å². The number of rotatable bonds is 4. The molecule has 1 amide bonds. The van der Waals surface area contributed by atoms with Gasteiger partial charge in [0.2, 0.25) is 5.91 Å². The van der Waals surface area contributed by atoms with Gasteiger partial charge in [0.15, 0.2) is 0 Å². The number of carbonyl (C=O) groups is 1. The number of benzene rings is 2. The van der Waals surface area contributed by atoms with Crippen LogP contribution in [0.25, 0.3) is 11.0 Å². The number of aromatic amines is 1. The monoisotopic (exact) mass is 367 g/mol. The largest absolute Gasteiger partial charge is 0.497 e.